The van der Waals surface area contributed by atoms with E-state index in [9.17, 15) is 0 Å². The van der Waals surface area contributed by atoms with Crippen molar-refractivity contribution in [3.05, 3.63) is 21.3 Å². The Morgan fingerprint density at radius 1 is 0.312 bits per heavy atom. The second-order valence-electron chi connectivity index (χ2n) is 11.7. The zero-order chi connectivity index (χ0) is 35.4. The molecule has 0 rings (SSSR count). The number of nitrogens with zero attached hydrogens (tertiary/aromatic N) is 8. The molecular weight excluding hydrogens is 815 g/mol. The van der Waals surface area contributed by atoms with E-state index in [1.165, 1.54) is 0 Å². The molecule has 0 aliphatic carbocycles. The first kappa shape index (κ1) is 65.5. The molecule has 0 spiro atoms. The monoisotopic (exact) mass is 880 g/mol. The fourth-order valence-electron chi connectivity index (χ4n) is 2.32. The fourth-order valence-corrected chi connectivity index (χ4v) is 2.32. The number of aliphatic imine (C=N–C) groups is 4. The average Bonchev–Trinajstić information content (AvgIpc) is 2.86. The molecule has 304 valence electrons. The van der Waals surface area contributed by atoms with Crippen LogP contribution in [0.15, 0.2) is 20.0 Å². The Balaban J connectivity index is -0.0000000721. The van der Waals surface area contributed by atoms with Crippen molar-refractivity contribution in [1.82, 2.24) is 0 Å². The number of hydrogen-bond acceptors (Lipinski definition) is 8. The van der Waals surface area contributed by atoms with Gasteiger partial charge in [0.15, 0.2) is 0 Å². The van der Waals surface area contributed by atoms with Crippen LogP contribution < -0.4 is 0 Å². The molecule has 0 aliphatic heterocycles. The summed E-state index contributed by atoms with van der Waals surface area (Å²) in [5, 5.41) is 16.7. The Kier molecular flexibility index (Phi) is 57.8. The van der Waals surface area contributed by atoms with Gasteiger partial charge in [0, 0.05) is 0 Å². The van der Waals surface area contributed by atoms with Crippen LogP contribution in [-0.2, 0) is 87.2 Å². The Labute approximate surface area is 338 Å². The number of hydrogen-bond donors (Lipinski definition) is 0. The molecule has 12 nitrogen and oxygen atoms in total. The van der Waals surface area contributed by atoms with Gasteiger partial charge in [-0.3, -0.25) is 0 Å². The smallest absolute Gasteiger partial charge is 0.505 e. The van der Waals surface area contributed by atoms with Crippen molar-refractivity contribution in [2.24, 2.45) is 20.0 Å². The van der Waals surface area contributed by atoms with Crippen LogP contribution in [0.4, 0.5) is 0 Å². The summed E-state index contributed by atoms with van der Waals surface area (Å²) in [5.41, 5.74) is 0. The quantitative estimate of drug-likeness (QED) is 0.137. The standard InChI is InChI=1S/4C8H17N2O.4Cu/c4*1-6(2)9-8(11-5)10-7(3)4;;;;/h4*6-7H,1-5H3;;;;/q4*-1;4*+1. The summed E-state index contributed by atoms with van der Waals surface area (Å²) in [7, 11) is 6.36. The van der Waals surface area contributed by atoms with Gasteiger partial charge < -0.3 is 60.2 Å². The van der Waals surface area contributed by atoms with Gasteiger partial charge in [0.25, 0.3) is 0 Å². The first-order chi connectivity index (χ1) is 20.2. The van der Waals surface area contributed by atoms with Crippen LogP contribution in [0, 0.1) is 0 Å². The maximum Gasteiger partial charge on any atom is 1.00 e. The summed E-state index contributed by atoms with van der Waals surface area (Å²) in [6, 6.07) is 3.93. The molecule has 0 aromatic heterocycles. The van der Waals surface area contributed by atoms with Crippen molar-refractivity contribution >= 4 is 24.1 Å². The third kappa shape index (κ3) is 57.4. The first-order valence-corrected chi connectivity index (χ1v) is 15.5. The van der Waals surface area contributed by atoms with Gasteiger partial charge >= 0.3 is 68.3 Å². The second kappa shape index (κ2) is 42.3. The zero-order valence-electron chi connectivity index (χ0n) is 33.0. The predicted octanol–water partition coefficient (Wildman–Crippen LogP) is 8.71. The molecule has 0 heterocycles. The van der Waals surface area contributed by atoms with E-state index in [1.54, 1.807) is 28.4 Å². The zero-order valence-corrected chi connectivity index (χ0v) is 36.8. The van der Waals surface area contributed by atoms with Crippen molar-refractivity contribution in [2.45, 2.75) is 159 Å². The van der Waals surface area contributed by atoms with E-state index in [-0.39, 0.29) is 117 Å². The SMILES string of the molecule is COC(=NC(C)C)[N-]C(C)C.COC(=NC(C)C)[N-]C(C)C.COC(=NC(C)C)[N-]C(C)C.COC(=NC(C)C)[N-]C(C)C.[Cu+].[Cu+].[Cu+].[Cu+]. The van der Waals surface area contributed by atoms with E-state index in [1.807, 2.05) is 111 Å². The van der Waals surface area contributed by atoms with Gasteiger partial charge in [0.1, 0.15) is 0 Å². The Morgan fingerprint density at radius 2 is 0.438 bits per heavy atom. The molecule has 0 amide bonds. The molecule has 0 saturated heterocycles. The molecule has 0 aliphatic rings. The van der Waals surface area contributed by atoms with E-state index in [4.69, 9.17) is 18.9 Å². The van der Waals surface area contributed by atoms with Crippen LogP contribution in [0.5, 0.6) is 0 Å². The van der Waals surface area contributed by atoms with Gasteiger partial charge in [-0.15, -0.1) is 0 Å². The maximum absolute atomic E-state index is 4.96. The number of rotatable bonds is 8. The van der Waals surface area contributed by atoms with Gasteiger partial charge in [0.2, 0.25) is 0 Å². The van der Waals surface area contributed by atoms with Crippen LogP contribution in [0.25, 0.3) is 21.3 Å². The Bertz CT molecular complexity index is 668. The number of ether oxygens (including phenoxy) is 4. The van der Waals surface area contributed by atoms with Crippen molar-refractivity contribution in [3.63, 3.8) is 0 Å². The Morgan fingerprint density at radius 3 is 0.500 bits per heavy atom. The molecule has 0 saturated carbocycles. The minimum atomic E-state index is 0. The van der Waals surface area contributed by atoms with Gasteiger partial charge in [-0.25, -0.2) is 0 Å². The van der Waals surface area contributed by atoms with E-state index < -0.39 is 0 Å². The minimum Gasteiger partial charge on any atom is -0.505 e. The van der Waals surface area contributed by atoms with Gasteiger partial charge in [-0.2, -0.15) is 0 Å². The molecule has 0 bridgehead atoms. The molecule has 0 radical (unpaired) electrons. The van der Waals surface area contributed by atoms with E-state index in [2.05, 4.69) is 41.2 Å². The molecule has 0 fully saturated rings. The number of amidine groups is 4. The van der Waals surface area contributed by atoms with Crippen LogP contribution in [-0.4, -0.2) is 101 Å². The summed E-state index contributed by atoms with van der Waals surface area (Å²) in [6.07, 6.45) is 0. The van der Waals surface area contributed by atoms with Crippen molar-refractivity contribution in [3.8, 4) is 0 Å². The van der Waals surface area contributed by atoms with Gasteiger partial charge in [-0.05, 0) is 48.3 Å². The summed E-state index contributed by atoms with van der Waals surface area (Å²) in [4.78, 5) is 16.7. The van der Waals surface area contributed by atoms with Crippen LogP contribution in [0.2, 0.25) is 0 Å². The van der Waals surface area contributed by atoms with Crippen LogP contribution >= 0.6 is 0 Å². The van der Waals surface area contributed by atoms with Crippen LogP contribution in [0.3, 0.4) is 0 Å². The molecule has 0 aromatic rings. The summed E-state index contributed by atoms with van der Waals surface area (Å²) >= 11 is 0. The summed E-state index contributed by atoms with van der Waals surface area (Å²) < 4.78 is 19.8. The molecular formula is C32H68Cu4N8O4. The van der Waals surface area contributed by atoms with E-state index in [0.29, 0.717) is 24.1 Å². The molecule has 0 aromatic carbocycles. The third-order valence-electron chi connectivity index (χ3n) is 3.68. The van der Waals surface area contributed by atoms with Gasteiger partial charge in [-0.1, -0.05) is 111 Å². The molecule has 0 unspecified atom stereocenters. The first-order valence-electron chi connectivity index (χ1n) is 15.5. The summed E-state index contributed by atoms with van der Waals surface area (Å²) in [6.45, 7) is 31.9. The molecule has 48 heavy (non-hydrogen) atoms. The minimum absolute atomic E-state index is 0. The van der Waals surface area contributed by atoms with Gasteiger partial charge in [0.05, 0.1) is 52.5 Å². The van der Waals surface area contributed by atoms with E-state index >= 15 is 0 Å². The normalized spacial score (nSPS) is 11.4. The van der Waals surface area contributed by atoms with Crippen molar-refractivity contribution in [1.29, 1.82) is 0 Å². The molecule has 0 atom stereocenters. The maximum atomic E-state index is 4.96. The average molecular weight is 883 g/mol. The molecule has 0 N–H and O–H groups in total. The molecule has 16 heteroatoms. The predicted molar refractivity (Wildman–Crippen MR) is 192 cm³/mol. The Hall–Kier alpha value is -0.842. The fraction of sp³-hybridized carbons (Fsp3) is 0.875. The largest absolute Gasteiger partial charge is 1.00 e. The van der Waals surface area contributed by atoms with E-state index in [0.717, 1.165) is 0 Å². The van der Waals surface area contributed by atoms with Crippen LogP contribution in [0.1, 0.15) is 111 Å². The number of methoxy groups -OCH3 is 4. The van der Waals surface area contributed by atoms with Crippen molar-refractivity contribution in [2.75, 3.05) is 28.4 Å². The third-order valence-corrected chi connectivity index (χ3v) is 3.68. The van der Waals surface area contributed by atoms with Crippen molar-refractivity contribution < 1.29 is 87.2 Å². The summed E-state index contributed by atoms with van der Waals surface area (Å²) in [5.74, 6) is 0. The topological polar surface area (TPSA) is 143 Å². The second-order valence-corrected chi connectivity index (χ2v) is 11.7.